The molecule has 6 heteroatoms. The molecule has 6 nitrogen and oxygen atoms in total. The summed E-state index contributed by atoms with van der Waals surface area (Å²) in [5.74, 6) is 0.265. The highest BCUT2D eigenvalue weighted by Gasteiger charge is 2.27. The van der Waals surface area contributed by atoms with Crippen molar-refractivity contribution in [1.29, 1.82) is 0 Å². The average molecular weight is 223 g/mol. The fraction of sp³-hybridized carbons (Fsp3) is 0.500. The molecule has 0 aliphatic carbocycles. The van der Waals surface area contributed by atoms with Gasteiger partial charge in [0.15, 0.2) is 0 Å². The minimum absolute atomic E-state index is 0.109. The number of carbonyl (C=O) groups excluding carboxylic acids is 1. The van der Waals surface area contributed by atoms with Crippen molar-refractivity contribution in [2.24, 2.45) is 0 Å². The lowest BCUT2D eigenvalue weighted by atomic mass is 10.3. The lowest BCUT2D eigenvalue weighted by molar-refractivity contribution is 0.104. The van der Waals surface area contributed by atoms with Crippen LogP contribution in [0.3, 0.4) is 0 Å². The number of likely N-dealkylation sites (tertiary alicyclic amines) is 1. The zero-order chi connectivity index (χ0) is 11.4. The third-order valence-electron chi connectivity index (χ3n) is 2.48. The summed E-state index contributed by atoms with van der Waals surface area (Å²) in [6, 6.07) is 1.54. The van der Waals surface area contributed by atoms with E-state index in [9.17, 15) is 4.79 Å². The Bertz CT molecular complexity index is 358. The SMILES string of the molecule is COC1CCN(C(=O)Oc2ccncn2)C1. The van der Waals surface area contributed by atoms with Gasteiger partial charge in [0.1, 0.15) is 6.33 Å². The van der Waals surface area contributed by atoms with Crippen LogP contribution >= 0.6 is 0 Å². The van der Waals surface area contributed by atoms with Gasteiger partial charge >= 0.3 is 6.09 Å². The average Bonchev–Trinajstić information content (AvgIpc) is 2.79. The van der Waals surface area contributed by atoms with Crippen molar-refractivity contribution in [3.8, 4) is 5.88 Å². The van der Waals surface area contributed by atoms with Crippen molar-refractivity contribution in [2.45, 2.75) is 12.5 Å². The van der Waals surface area contributed by atoms with Gasteiger partial charge in [-0.3, -0.25) is 0 Å². The second kappa shape index (κ2) is 4.89. The number of aromatic nitrogens is 2. The summed E-state index contributed by atoms with van der Waals surface area (Å²) in [7, 11) is 1.64. The van der Waals surface area contributed by atoms with Gasteiger partial charge in [0.05, 0.1) is 12.6 Å². The highest BCUT2D eigenvalue weighted by Crippen LogP contribution is 2.14. The smallest absolute Gasteiger partial charge is 0.391 e. The van der Waals surface area contributed by atoms with Crippen LogP contribution < -0.4 is 4.74 Å². The maximum absolute atomic E-state index is 11.7. The van der Waals surface area contributed by atoms with E-state index in [1.54, 1.807) is 18.1 Å². The minimum atomic E-state index is -0.391. The first-order chi connectivity index (χ1) is 7.79. The van der Waals surface area contributed by atoms with Crippen LogP contribution in [0, 0.1) is 0 Å². The summed E-state index contributed by atoms with van der Waals surface area (Å²) in [6.07, 6.45) is 3.42. The molecule has 1 aliphatic heterocycles. The molecule has 1 aromatic heterocycles. The van der Waals surface area contributed by atoms with Gasteiger partial charge in [-0.25, -0.2) is 14.8 Å². The molecule has 0 spiro atoms. The Labute approximate surface area is 93.2 Å². The summed E-state index contributed by atoms with van der Waals surface area (Å²) in [5, 5.41) is 0. The number of nitrogens with zero attached hydrogens (tertiary/aromatic N) is 3. The molecule has 2 heterocycles. The van der Waals surface area contributed by atoms with Crippen LogP contribution in [0.5, 0.6) is 5.88 Å². The Morgan fingerprint density at radius 1 is 1.62 bits per heavy atom. The van der Waals surface area contributed by atoms with E-state index in [-0.39, 0.29) is 12.0 Å². The standard InChI is InChI=1S/C10H13N3O3/c1-15-8-3-5-13(6-8)10(14)16-9-2-4-11-7-12-9/h2,4,7-8H,3,5-6H2,1H3. The van der Waals surface area contributed by atoms with Crippen molar-refractivity contribution in [3.63, 3.8) is 0 Å². The molecule has 0 bridgehead atoms. The first-order valence-electron chi connectivity index (χ1n) is 5.05. The van der Waals surface area contributed by atoms with Gasteiger partial charge in [-0.15, -0.1) is 0 Å². The van der Waals surface area contributed by atoms with Crippen molar-refractivity contribution in [3.05, 3.63) is 18.6 Å². The van der Waals surface area contributed by atoms with Crippen molar-refractivity contribution in [1.82, 2.24) is 14.9 Å². The van der Waals surface area contributed by atoms with E-state index in [0.29, 0.717) is 13.1 Å². The molecule has 1 saturated heterocycles. The molecule has 0 radical (unpaired) electrons. The number of hydrogen-bond acceptors (Lipinski definition) is 5. The lowest BCUT2D eigenvalue weighted by Crippen LogP contribution is -2.32. The Kier molecular flexibility index (Phi) is 3.31. The molecule has 1 aromatic rings. The fourth-order valence-electron chi connectivity index (χ4n) is 1.58. The molecule has 1 unspecified atom stereocenters. The van der Waals surface area contributed by atoms with Crippen LogP contribution in [-0.4, -0.2) is 47.3 Å². The zero-order valence-corrected chi connectivity index (χ0v) is 9.00. The second-order valence-electron chi connectivity index (χ2n) is 3.51. The van der Waals surface area contributed by atoms with Gasteiger partial charge < -0.3 is 14.4 Å². The molecular formula is C10H13N3O3. The first-order valence-corrected chi connectivity index (χ1v) is 5.05. The van der Waals surface area contributed by atoms with Crippen molar-refractivity contribution >= 4 is 6.09 Å². The summed E-state index contributed by atoms with van der Waals surface area (Å²) < 4.78 is 10.2. The third-order valence-corrected chi connectivity index (χ3v) is 2.48. The molecule has 0 aromatic carbocycles. The van der Waals surface area contributed by atoms with Gasteiger partial charge in [-0.05, 0) is 6.42 Å². The van der Waals surface area contributed by atoms with Crippen LogP contribution in [0.15, 0.2) is 18.6 Å². The number of hydrogen-bond donors (Lipinski definition) is 0. The molecule has 1 aliphatic rings. The molecule has 1 amide bonds. The van der Waals surface area contributed by atoms with E-state index in [0.717, 1.165) is 6.42 Å². The number of carbonyl (C=O) groups is 1. The molecule has 0 saturated carbocycles. The Balaban J connectivity index is 1.90. The normalized spacial score (nSPS) is 19.8. The molecule has 2 rings (SSSR count). The van der Waals surface area contributed by atoms with Gasteiger partial charge in [-0.1, -0.05) is 0 Å². The predicted octanol–water partition coefficient (Wildman–Crippen LogP) is 0.696. The molecule has 1 fully saturated rings. The van der Waals surface area contributed by atoms with Crippen LogP contribution in [0.2, 0.25) is 0 Å². The fourth-order valence-corrected chi connectivity index (χ4v) is 1.58. The number of rotatable bonds is 2. The molecule has 86 valence electrons. The van der Waals surface area contributed by atoms with E-state index in [1.165, 1.54) is 12.5 Å². The maximum Gasteiger partial charge on any atom is 0.416 e. The lowest BCUT2D eigenvalue weighted by Gasteiger charge is -2.14. The number of methoxy groups -OCH3 is 1. The van der Waals surface area contributed by atoms with Gasteiger partial charge in [-0.2, -0.15) is 0 Å². The van der Waals surface area contributed by atoms with Crippen molar-refractivity contribution in [2.75, 3.05) is 20.2 Å². The summed E-state index contributed by atoms with van der Waals surface area (Å²) >= 11 is 0. The quantitative estimate of drug-likeness (QED) is 0.738. The minimum Gasteiger partial charge on any atom is -0.391 e. The van der Waals surface area contributed by atoms with Gasteiger partial charge in [0.25, 0.3) is 0 Å². The first kappa shape index (κ1) is 10.8. The topological polar surface area (TPSA) is 64.5 Å². The van der Waals surface area contributed by atoms with Crippen LogP contribution in [0.25, 0.3) is 0 Å². The number of amides is 1. The molecular weight excluding hydrogens is 210 g/mol. The largest absolute Gasteiger partial charge is 0.416 e. The highest BCUT2D eigenvalue weighted by molar-refractivity contribution is 5.70. The Morgan fingerprint density at radius 3 is 3.12 bits per heavy atom. The number of ether oxygens (including phenoxy) is 2. The summed E-state index contributed by atoms with van der Waals surface area (Å²) in [6.45, 7) is 1.23. The summed E-state index contributed by atoms with van der Waals surface area (Å²) in [5.41, 5.74) is 0. The third kappa shape index (κ3) is 2.46. The predicted molar refractivity (Wildman–Crippen MR) is 55.0 cm³/mol. The summed E-state index contributed by atoms with van der Waals surface area (Å²) in [4.78, 5) is 20.8. The highest BCUT2D eigenvalue weighted by atomic mass is 16.6. The molecule has 0 N–H and O–H groups in total. The van der Waals surface area contributed by atoms with Crippen molar-refractivity contribution < 1.29 is 14.3 Å². The molecule has 1 atom stereocenters. The van der Waals surface area contributed by atoms with E-state index in [1.807, 2.05) is 0 Å². The van der Waals surface area contributed by atoms with Gasteiger partial charge in [0.2, 0.25) is 5.88 Å². The second-order valence-corrected chi connectivity index (χ2v) is 3.51. The molecule has 16 heavy (non-hydrogen) atoms. The monoisotopic (exact) mass is 223 g/mol. The maximum atomic E-state index is 11.7. The van der Waals surface area contributed by atoms with Gasteiger partial charge in [0, 0.05) is 25.9 Å². The Morgan fingerprint density at radius 2 is 2.50 bits per heavy atom. The van der Waals surface area contributed by atoms with Crippen LogP contribution in [-0.2, 0) is 4.74 Å². The Hall–Kier alpha value is -1.69. The van der Waals surface area contributed by atoms with E-state index in [4.69, 9.17) is 9.47 Å². The zero-order valence-electron chi connectivity index (χ0n) is 9.00. The van der Waals surface area contributed by atoms with E-state index in [2.05, 4.69) is 9.97 Å². The van der Waals surface area contributed by atoms with Crippen LogP contribution in [0.1, 0.15) is 6.42 Å². The van der Waals surface area contributed by atoms with E-state index >= 15 is 0 Å². The van der Waals surface area contributed by atoms with Crippen LogP contribution in [0.4, 0.5) is 4.79 Å². The van der Waals surface area contributed by atoms with E-state index < -0.39 is 6.09 Å².